The van der Waals surface area contributed by atoms with Gasteiger partial charge in [0.25, 0.3) is 0 Å². The van der Waals surface area contributed by atoms with Crippen LogP contribution in [0.4, 0.5) is 0 Å². The Balaban J connectivity index is 2.44. The molecule has 0 aromatic carbocycles. The first-order chi connectivity index (χ1) is 9.17. The Kier molecular flexibility index (Phi) is 4.71. The highest BCUT2D eigenvalue weighted by Gasteiger charge is 2.20. The van der Waals surface area contributed by atoms with Crippen LogP contribution in [-0.2, 0) is 6.54 Å². The molecule has 2 aromatic rings. The summed E-state index contributed by atoms with van der Waals surface area (Å²) in [6.45, 7) is 5.13. The molecule has 0 radical (unpaired) electrons. The Hall–Kier alpha value is -1.20. The molecule has 4 nitrogen and oxygen atoms in total. The van der Waals surface area contributed by atoms with Gasteiger partial charge in [-0.05, 0) is 47.4 Å². The van der Waals surface area contributed by atoms with Crippen LogP contribution in [0.2, 0.25) is 0 Å². The van der Waals surface area contributed by atoms with Gasteiger partial charge < -0.3 is 5.32 Å². The van der Waals surface area contributed by atoms with Crippen molar-refractivity contribution >= 4 is 15.9 Å². The van der Waals surface area contributed by atoms with Gasteiger partial charge in [0, 0.05) is 18.9 Å². The third-order valence-corrected chi connectivity index (χ3v) is 3.67. The van der Waals surface area contributed by atoms with Crippen LogP contribution >= 0.6 is 15.9 Å². The Morgan fingerprint density at radius 3 is 2.79 bits per heavy atom. The number of hydrogen-bond acceptors (Lipinski definition) is 3. The summed E-state index contributed by atoms with van der Waals surface area (Å²) in [5, 5.41) is 7.79. The van der Waals surface area contributed by atoms with E-state index in [0.717, 1.165) is 34.3 Å². The van der Waals surface area contributed by atoms with Crippen molar-refractivity contribution in [3.63, 3.8) is 0 Å². The quantitative estimate of drug-likeness (QED) is 0.919. The molecule has 0 aliphatic carbocycles. The largest absolute Gasteiger partial charge is 0.308 e. The summed E-state index contributed by atoms with van der Waals surface area (Å²) >= 11 is 3.60. The standard InChI is InChI=1S/C14H19BrN4/c1-4-5-19-14(12(15)9-18-19)13(16-3)11-6-10(2)7-17-8-11/h6-9,13,16H,4-5H2,1-3H3. The van der Waals surface area contributed by atoms with Crippen molar-refractivity contribution in [2.75, 3.05) is 7.05 Å². The van der Waals surface area contributed by atoms with Gasteiger partial charge in [-0.3, -0.25) is 9.67 Å². The monoisotopic (exact) mass is 322 g/mol. The molecule has 0 aliphatic rings. The zero-order chi connectivity index (χ0) is 13.8. The summed E-state index contributed by atoms with van der Waals surface area (Å²) in [7, 11) is 1.96. The SMILES string of the molecule is CCCn1ncc(Br)c1C(NC)c1cncc(C)c1. The van der Waals surface area contributed by atoms with Crippen molar-refractivity contribution in [2.45, 2.75) is 32.9 Å². The molecule has 0 saturated heterocycles. The fourth-order valence-corrected chi connectivity index (χ4v) is 2.77. The summed E-state index contributed by atoms with van der Waals surface area (Å²) in [6, 6.07) is 2.25. The van der Waals surface area contributed by atoms with E-state index in [1.54, 1.807) is 0 Å². The van der Waals surface area contributed by atoms with Crippen LogP contribution in [0.5, 0.6) is 0 Å². The van der Waals surface area contributed by atoms with Gasteiger partial charge in [0.1, 0.15) is 0 Å². The van der Waals surface area contributed by atoms with Crippen molar-refractivity contribution < 1.29 is 0 Å². The normalized spacial score (nSPS) is 12.6. The maximum atomic E-state index is 4.43. The number of nitrogens with zero attached hydrogens (tertiary/aromatic N) is 3. The molecule has 0 aliphatic heterocycles. The van der Waals surface area contributed by atoms with Crippen LogP contribution in [0.1, 0.15) is 36.2 Å². The van der Waals surface area contributed by atoms with Gasteiger partial charge in [-0.1, -0.05) is 13.0 Å². The topological polar surface area (TPSA) is 42.7 Å². The summed E-state index contributed by atoms with van der Waals surface area (Å²) in [6.07, 6.45) is 6.70. The average Bonchev–Trinajstić information content (AvgIpc) is 2.74. The molecule has 2 aromatic heterocycles. The molecule has 19 heavy (non-hydrogen) atoms. The van der Waals surface area contributed by atoms with Crippen LogP contribution in [0.15, 0.2) is 29.1 Å². The molecule has 1 N–H and O–H groups in total. The Morgan fingerprint density at radius 2 is 2.16 bits per heavy atom. The minimum absolute atomic E-state index is 0.0934. The molecule has 102 valence electrons. The highest BCUT2D eigenvalue weighted by molar-refractivity contribution is 9.10. The van der Waals surface area contributed by atoms with Crippen LogP contribution in [0.3, 0.4) is 0 Å². The van der Waals surface area contributed by atoms with Gasteiger partial charge in [0.2, 0.25) is 0 Å². The summed E-state index contributed by atoms with van der Waals surface area (Å²) in [4.78, 5) is 4.28. The summed E-state index contributed by atoms with van der Waals surface area (Å²) in [5.41, 5.74) is 3.47. The number of aromatic nitrogens is 3. The van der Waals surface area contributed by atoms with Crippen molar-refractivity contribution in [3.05, 3.63) is 46.0 Å². The second-order valence-corrected chi connectivity index (χ2v) is 5.47. The highest BCUT2D eigenvalue weighted by atomic mass is 79.9. The van der Waals surface area contributed by atoms with Gasteiger partial charge in [-0.2, -0.15) is 5.10 Å². The van der Waals surface area contributed by atoms with Crippen LogP contribution in [0, 0.1) is 6.92 Å². The van der Waals surface area contributed by atoms with Crippen LogP contribution in [-0.4, -0.2) is 21.8 Å². The third kappa shape index (κ3) is 3.04. The molecule has 2 rings (SSSR count). The van der Waals surface area contributed by atoms with E-state index in [-0.39, 0.29) is 6.04 Å². The molecule has 0 bridgehead atoms. The lowest BCUT2D eigenvalue weighted by atomic mass is 10.0. The average molecular weight is 323 g/mol. The maximum absolute atomic E-state index is 4.43. The van der Waals surface area contributed by atoms with Crippen LogP contribution in [0.25, 0.3) is 0 Å². The summed E-state index contributed by atoms with van der Waals surface area (Å²) in [5.74, 6) is 0. The Labute approximate surface area is 122 Å². The molecule has 0 spiro atoms. The van der Waals surface area contributed by atoms with E-state index in [9.17, 15) is 0 Å². The van der Waals surface area contributed by atoms with Crippen molar-refractivity contribution in [1.82, 2.24) is 20.1 Å². The van der Waals surface area contributed by atoms with E-state index in [4.69, 9.17) is 0 Å². The Morgan fingerprint density at radius 1 is 1.37 bits per heavy atom. The molecule has 1 atom stereocenters. The fraction of sp³-hybridized carbons (Fsp3) is 0.429. The molecule has 1 unspecified atom stereocenters. The number of halogens is 1. The van der Waals surface area contributed by atoms with Gasteiger partial charge in [-0.25, -0.2) is 0 Å². The van der Waals surface area contributed by atoms with E-state index in [2.05, 4.69) is 51.2 Å². The first kappa shape index (κ1) is 14.2. The number of rotatable bonds is 5. The minimum atomic E-state index is 0.0934. The van der Waals surface area contributed by atoms with Gasteiger partial charge >= 0.3 is 0 Å². The molecule has 0 amide bonds. The lowest BCUT2D eigenvalue weighted by Gasteiger charge is -2.19. The van der Waals surface area contributed by atoms with E-state index in [0.29, 0.717) is 0 Å². The summed E-state index contributed by atoms with van der Waals surface area (Å²) < 4.78 is 3.08. The van der Waals surface area contributed by atoms with Crippen molar-refractivity contribution in [3.8, 4) is 0 Å². The highest BCUT2D eigenvalue weighted by Crippen LogP contribution is 2.28. The number of nitrogens with one attached hydrogen (secondary N) is 1. The second kappa shape index (κ2) is 6.30. The smallest absolute Gasteiger partial charge is 0.0772 e. The zero-order valence-corrected chi connectivity index (χ0v) is 13.1. The lowest BCUT2D eigenvalue weighted by Crippen LogP contribution is -2.22. The second-order valence-electron chi connectivity index (χ2n) is 4.62. The van der Waals surface area contributed by atoms with Gasteiger partial charge in [0.15, 0.2) is 0 Å². The molecule has 5 heteroatoms. The van der Waals surface area contributed by atoms with Crippen LogP contribution < -0.4 is 5.32 Å². The maximum Gasteiger partial charge on any atom is 0.0772 e. The Bertz CT molecular complexity index is 550. The number of aryl methyl sites for hydroxylation is 2. The first-order valence-electron chi connectivity index (χ1n) is 6.47. The number of hydrogen-bond donors (Lipinski definition) is 1. The minimum Gasteiger partial charge on any atom is -0.308 e. The van der Waals surface area contributed by atoms with E-state index >= 15 is 0 Å². The molecule has 0 saturated carbocycles. The van der Waals surface area contributed by atoms with Crippen molar-refractivity contribution in [2.24, 2.45) is 0 Å². The van der Waals surface area contributed by atoms with Gasteiger partial charge in [-0.15, -0.1) is 0 Å². The van der Waals surface area contributed by atoms with E-state index in [1.165, 1.54) is 0 Å². The zero-order valence-electron chi connectivity index (χ0n) is 11.5. The predicted molar refractivity (Wildman–Crippen MR) is 80.1 cm³/mol. The molecular weight excluding hydrogens is 304 g/mol. The lowest BCUT2D eigenvalue weighted by molar-refractivity contribution is 0.532. The number of pyridine rings is 1. The third-order valence-electron chi connectivity index (χ3n) is 3.06. The molecule has 2 heterocycles. The molecule has 0 fully saturated rings. The van der Waals surface area contributed by atoms with E-state index < -0.39 is 0 Å². The van der Waals surface area contributed by atoms with Crippen molar-refractivity contribution in [1.29, 1.82) is 0 Å². The predicted octanol–water partition coefficient (Wildman–Crippen LogP) is 3.07. The van der Waals surface area contributed by atoms with E-state index in [1.807, 2.05) is 30.3 Å². The fourth-order valence-electron chi connectivity index (χ4n) is 2.25. The first-order valence-corrected chi connectivity index (χ1v) is 7.26. The van der Waals surface area contributed by atoms with Gasteiger partial charge in [0.05, 0.1) is 22.4 Å². The molecular formula is C14H19BrN4.